The molecule has 2 nitrogen and oxygen atoms in total. The molecule has 0 bridgehead atoms. The van der Waals surface area contributed by atoms with Gasteiger partial charge in [0.25, 0.3) is 0 Å². The second kappa shape index (κ2) is 7.60. The first-order valence-corrected chi connectivity index (χ1v) is 13.5. The van der Waals surface area contributed by atoms with Gasteiger partial charge in [-0.15, -0.1) is 0 Å². The molecule has 5 aliphatic carbocycles. The van der Waals surface area contributed by atoms with Gasteiger partial charge in [-0.3, -0.25) is 4.79 Å². The number of hydrogen-bond donors (Lipinski definition) is 1. The van der Waals surface area contributed by atoms with Gasteiger partial charge in [0.05, 0.1) is 5.60 Å². The minimum absolute atomic E-state index is 0.390. The topological polar surface area (TPSA) is 37.3 Å². The van der Waals surface area contributed by atoms with Crippen molar-refractivity contribution in [1.29, 1.82) is 0 Å². The molecule has 1 N–H and O–H groups in total. The van der Waals surface area contributed by atoms with Gasteiger partial charge in [0.15, 0.2) is 0 Å². The Morgan fingerprint density at radius 3 is 2.33 bits per heavy atom. The first-order valence-electron chi connectivity index (χ1n) is 13.5. The largest absolute Gasteiger partial charge is 0.390 e. The first kappa shape index (κ1) is 21.5. The molecule has 7 unspecified atom stereocenters. The number of Topliss-reactive ketones (excluding diaryl/α,β-unsaturated/α-hetero) is 1. The average Bonchev–Trinajstić information content (AvgIpc) is 3.37. The van der Waals surface area contributed by atoms with E-state index < -0.39 is 0 Å². The van der Waals surface area contributed by atoms with E-state index in [0.717, 1.165) is 49.4 Å². The van der Waals surface area contributed by atoms with Crippen molar-refractivity contribution in [1.82, 2.24) is 0 Å². The highest BCUT2D eigenvalue weighted by Crippen LogP contribution is 2.68. The standard InChI is InChI=1S/C28H46O2/c1-4-28(30)16-15-27(3)21(18-28)9-11-22-23-12-10-20(26(23,2)14-13-24(22)27)17-25(29)19-7-5-6-8-19/h19-24,30H,4-18H2,1-3H3/t20?,21?,22?,23?,24?,26?,27?,28-/m0/s1. The van der Waals surface area contributed by atoms with E-state index in [-0.39, 0.29) is 5.60 Å². The van der Waals surface area contributed by atoms with Crippen LogP contribution in [0, 0.1) is 46.3 Å². The summed E-state index contributed by atoms with van der Waals surface area (Å²) < 4.78 is 0. The Hall–Kier alpha value is -0.370. The van der Waals surface area contributed by atoms with Crippen LogP contribution in [0.1, 0.15) is 117 Å². The van der Waals surface area contributed by atoms with Crippen LogP contribution in [-0.2, 0) is 4.79 Å². The Morgan fingerprint density at radius 2 is 1.60 bits per heavy atom. The predicted molar refractivity (Wildman–Crippen MR) is 122 cm³/mol. The molecule has 5 aliphatic rings. The Labute approximate surface area is 185 Å². The van der Waals surface area contributed by atoms with E-state index in [2.05, 4.69) is 20.8 Å². The zero-order chi connectivity index (χ0) is 21.1. The molecule has 170 valence electrons. The Morgan fingerprint density at radius 1 is 0.867 bits per heavy atom. The maximum atomic E-state index is 13.0. The smallest absolute Gasteiger partial charge is 0.136 e. The van der Waals surface area contributed by atoms with Crippen LogP contribution in [-0.4, -0.2) is 16.5 Å². The summed E-state index contributed by atoms with van der Waals surface area (Å²) in [7, 11) is 0. The molecular formula is C28H46O2. The molecule has 0 amide bonds. The second-order valence-corrected chi connectivity index (χ2v) is 12.9. The van der Waals surface area contributed by atoms with Gasteiger partial charge >= 0.3 is 0 Å². The normalized spacial score (nSPS) is 51.3. The molecule has 8 atom stereocenters. The predicted octanol–water partition coefficient (Wildman–Crippen LogP) is 6.94. The van der Waals surface area contributed by atoms with Gasteiger partial charge in [-0.1, -0.05) is 33.6 Å². The maximum Gasteiger partial charge on any atom is 0.136 e. The molecule has 30 heavy (non-hydrogen) atoms. The van der Waals surface area contributed by atoms with Gasteiger partial charge in [-0.25, -0.2) is 0 Å². The van der Waals surface area contributed by atoms with Crippen molar-refractivity contribution in [3.05, 3.63) is 0 Å². The Kier molecular flexibility index (Phi) is 5.44. The molecule has 0 aromatic heterocycles. The van der Waals surface area contributed by atoms with E-state index >= 15 is 0 Å². The van der Waals surface area contributed by atoms with Crippen molar-refractivity contribution in [3.63, 3.8) is 0 Å². The van der Waals surface area contributed by atoms with E-state index in [0.29, 0.717) is 28.4 Å². The highest BCUT2D eigenvalue weighted by Gasteiger charge is 2.61. The molecule has 5 rings (SSSR count). The third kappa shape index (κ3) is 3.25. The number of fused-ring (bicyclic) bond motifs is 5. The van der Waals surface area contributed by atoms with Crippen molar-refractivity contribution in [3.8, 4) is 0 Å². The summed E-state index contributed by atoms with van der Waals surface area (Å²) in [5, 5.41) is 11.0. The number of aliphatic hydroxyl groups is 1. The Balaban J connectivity index is 1.31. The molecule has 2 heteroatoms. The third-order valence-corrected chi connectivity index (χ3v) is 11.9. The highest BCUT2D eigenvalue weighted by molar-refractivity contribution is 5.81. The summed E-state index contributed by atoms with van der Waals surface area (Å²) in [4.78, 5) is 13.0. The fourth-order valence-corrected chi connectivity index (χ4v) is 9.74. The average molecular weight is 415 g/mol. The lowest BCUT2D eigenvalue weighted by molar-refractivity contribution is -0.152. The number of ketones is 1. The van der Waals surface area contributed by atoms with Gasteiger partial charge in [-0.05, 0) is 117 Å². The third-order valence-electron chi connectivity index (χ3n) is 11.9. The number of hydrogen-bond acceptors (Lipinski definition) is 2. The van der Waals surface area contributed by atoms with Crippen molar-refractivity contribution < 1.29 is 9.90 Å². The maximum absolute atomic E-state index is 13.0. The quantitative estimate of drug-likeness (QED) is 0.541. The van der Waals surface area contributed by atoms with Crippen molar-refractivity contribution in [2.75, 3.05) is 0 Å². The molecule has 0 saturated heterocycles. The summed E-state index contributed by atoms with van der Waals surface area (Å²) in [6.45, 7) is 7.35. The second-order valence-electron chi connectivity index (χ2n) is 12.9. The summed E-state index contributed by atoms with van der Waals surface area (Å²) in [6, 6.07) is 0. The lowest BCUT2D eigenvalue weighted by Gasteiger charge is -2.62. The SMILES string of the molecule is CC[C@]1(O)CCC2(C)C(CCC3C4CCC(CC(=O)C5CCCC5)C4(C)CCC32)C1. The minimum Gasteiger partial charge on any atom is -0.390 e. The van der Waals surface area contributed by atoms with Crippen LogP contribution in [0.25, 0.3) is 0 Å². The van der Waals surface area contributed by atoms with Gasteiger partial charge < -0.3 is 5.11 Å². The van der Waals surface area contributed by atoms with E-state index in [1.54, 1.807) is 0 Å². The highest BCUT2D eigenvalue weighted by atomic mass is 16.3. The summed E-state index contributed by atoms with van der Waals surface area (Å²) >= 11 is 0. The molecule has 0 spiro atoms. The van der Waals surface area contributed by atoms with E-state index in [1.807, 2.05) is 0 Å². The van der Waals surface area contributed by atoms with Gasteiger partial charge in [-0.2, -0.15) is 0 Å². The molecular weight excluding hydrogens is 368 g/mol. The van der Waals surface area contributed by atoms with Crippen LogP contribution in [0.3, 0.4) is 0 Å². The van der Waals surface area contributed by atoms with Gasteiger partial charge in [0.1, 0.15) is 5.78 Å². The minimum atomic E-state index is -0.390. The molecule has 0 heterocycles. The summed E-state index contributed by atoms with van der Waals surface area (Å²) in [5.74, 6) is 4.98. The van der Waals surface area contributed by atoms with E-state index in [4.69, 9.17) is 0 Å². The summed E-state index contributed by atoms with van der Waals surface area (Å²) in [6.07, 6.45) is 18.1. The lowest BCUT2D eigenvalue weighted by Crippen LogP contribution is -2.55. The zero-order valence-corrected chi connectivity index (χ0v) is 19.9. The molecule has 0 radical (unpaired) electrons. The molecule has 0 aromatic rings. The first-order chi connectivity index (χ1) is 14.3. The molecule has 5 fully saturated rings. The fraction of sp³-hybridized carbons (Fsp3) is 0.964. The van der Waals surface area contributed by atoms with Crippen LogP contribution < -0.4 is 0 Å². The van der Waals surface area contributed by atoms with Crippen LogP contribution in [0.2, 0.25) is 0 Å². The lowest BCUT2D eigenvalue weighted by atomic mass is 9.43. The summed E-state index contributed by atoms with van der Waals surface area (Å²) in [5.41, 5.74) is 0.472. The number of rotatable bonds is 4. The van der Waals surface area contributed by atoms with Crippen molar-refractivity contribution in [2.45, 2.75) is 123 Å². The van der Waals surface area contributed by atoms with Crippen LogP contribution >= 0.6 is 0 Å². The molecule has 0 aromatic carbocycles. The molecule has 5 saturated carbocycles. The fourth-order valence-electron chi connectivity index (χ4n) is 9.74. The Bertz CT molecular complexity index is 666. The van der Waals surface area contributed by atoms with Gasteiger partial charge in [0.2, 0.25) is 0 Å². The van der Waals surface area contributed by atoms with Gasteiger partial charge in [0, 0.05) is 12.3 Å². The number of carbonyl (C=O) groups excluding carboxylic acids is 1. The number of carbonyl (C=O) groups is 1. The zero-order valence-electron chi connectivity index (χ0n) is 19.9. The van der Waals surface area contributed by atoms with Crippen molar-refractivity contribution in [2.24, 2.45) is 46.3 Å². The van der Waals surface area contributed by atoms with Crippen LogP contribution in [0.4, 0.5) is 0 Å². The van der Waals surface area contributed by atoms with E-state index in [9.17, 15) is 9.90 Å². The van der Waals surface area contributed by atoms with Crippen LogP contribution in [0.15, 0.2) is 0 Å². The van der Waals surface area contributed by atoms with Crippen molar-refractivity contribution >= 4 is 5.78 Å². The van der Waals surface area contributed by atoms with Crippen LogP contribution in [0.5, 0.6) is 0 Å². The monoisotopic (exact) mass is 414 g/mol. The molecule has 0 aliphatic heterocycles. The van der Waals surface area contributed by atoms with E-state index in [1.165, 1.54) is 70.6 Å².